The molecule has 29 heavy (non-hydrogen) atoms. The first kappa shape index (κ1) is 19.5. The number of rotatable bonds is 3. The van der Waals surface area contributed by atoms with Gasteiger partial charge < -0.3 is 14.5 Å². The Bertz CT molecular complexity index is 1170. The second kappa shape index (κ2) is 7.19. The van der Waals surface area contributed by atoms with Gasteiger partial charge in [0.2, 0.25) is 5.91 Å². The highest BCUT2D eigenvalue weighted by atomic mass is 35.5. The lowest BCUT2D eigenvalue weighted by atomic mass is 9.92. The Morgan fingerprint density at radius 2 is 2.10 bits per heavy atom. The van der Waals surface area contributed by atoms with Crippen molar-refractivity contribution in [2.45, 2.75) is 45.6 Å². The van der Waals surface area contributed by atoms with Gasteiger partial charge in [-0.2, -0.15) is 0 Å². The van der Waals surface area contributed by atoms with Crippen molar-refractivity contribution in [2.75, 3.05) is 5.32 Å². The number of carbonyl (C=O) groups excluding carboxylic acids is 1. The molecule has 3 heterocycles. The molecular weight excluding hydrogens is 392 g/mol. The Morgan fingerprint density at radius 3 is 2.83 bits per heavy atom. The highest BCUT2D eigenvalue weighted by Gasteiger charge is 2.27. The van der Waals surface area contributed by atoms with E-state index in [-0.39, 0.29) is 17.9 Å². The Hall–Kier alpha value is -2.86. The lowest BCUT2D eigenvalue weighted by Crippen LogP contribution is -2.32. The van der Waals surface area contributed by atoms with Gasteiger partial charge in [-0.15, -0.1) is 0 Å². The first-order chi connectivity index (χ1) is 13.7. The monoisotopic (exact) mass is 412 g/mol. The number of carbonyl (C=O) groups is 1. The summed E-state index contributed by atoms with van der Waals surface area (Å²) in [6.07, 6.45) is 3.13. The topological polar surface area (TPSA) is 81.4 Å². The molecule has 150 valence electrons. The maximum atomic E-state index is 12.6. The van der Waals surface area contributed by atoms with E-state index >= 15 is 0 Å². The minimum Gasteiger partial charge on any atom is -0.487 e. The molecule has 0 radical (unpaired) electrons. The molecule has 6 nitrogen and oxygen atoms in total. The molecule has 1 aliphatic rings. The van der Waals surface area contributed by atoms with Gasteiger partial charge in [0, 0.05) is 17.6 Å². The van der Waals surface area contributed by atoms with E-state index in [9.17, 15) is 9.59 Å². The van der Waals surface area contributed by atoms with Crippen LogP contribution >= 0.6 is 11.6 Å². The Kier molecular flexibility index (Phi) is 4.82. The molecule has 2 aromatic heterocycles. The number of pyridine rings is 1. The minimum absolute atomic E-state index is 0.102. The molecule has 4 rings (SSSR count). The summed E-state index contributed by atoms with van der Waals surface area (Å²) in [6.45, 7) is 5.92. The molecule has 0 saturated carbocycles. The van der Waals surface area contributed by atoms with Gasteiger partial charge in [0.25, 0.3) is 0 Å². The number of anilines is 1. The summed E-state index contributed by atoms with van der Waals surface area (Å²) in [7, 11) is 0. The van der Waals surface area contributed by atoms with Crippen LogP contribution in [0.5, 0.6) is 5.75 Å². The van der Waals surface area contributed by atoms with Gasteiger partial charge in [0.1, 0.15) is 22.8 Å². The molecule has 0 spiro atoms. The van der Waals surface area contributed by atoms with Crippen molar-refractivity contribution in [1.29, 1.82) is 0 Å². The van der Waals surface area contributed by atoms with E-state index < -0.39 is 5.63 Å². The molecule has 0 aliphatic carbocycles. The van der Waals surface area contributed by atoms with Gasteiger partial charge in [0.05, 0.1) is 17.0 Å². The second-order valence-corrected chi connectivity index (χ2v) is 8.33. The van der Waals surface area contributed by atoms with Gasteiger partial charge in [-0.1, -0.05) is 11.6 Å². The summed E-state index contributed by atoms with van der Waals surface area (Å²) in [5.74, 6) is 0.768. The zero-order chi connectivity index (χ0) is 20.8. The van der Waals surface area contributed by atoms with E-state index in [1.165, 1.54) is 6.20 Å². The van der Waals surface area contributed by atoms with Crippen molar-refractivity contribution in [3.63, 3.8) is 0 Å². The van der Waals surface area contributed by atoms with Gasteiger partial charge in [-0.05, 0) is 62.9 Å². The summed E-state index contributed by atoms with van der Waals surface area (Å²) >= 11 is 5.80. The molecule has 0 saturated heterocycles. The predicted octanol–water partition coefficient (Wildman–Crippen LogP) is 4.43. The number of ether oxygens (including phenoxy) is 1. The van der Waals surface area contributed by atoms with E-state index in [4.69, 9.17) is 20.8 Å². The molecule has 1 aromatic carbocycles. The van der Waals surface area contributed by atoms with Crippen molar-refractivity contribution in [1.82, 2.24) is 4.98 Å². The van der Waals surface area contributed by atoms with Crippen LogP contribution in [-0.4, -0.2) is 16.5 Å². The van der Waals surface area contributed by atoms with Crippen LogP contribution < -0.4 is 15.7 Å². The Labute approximate surface area is 172 Å². The van der Waals surface area contributed by atoms with Crippen LogP contribution in [0.1, 0.15) is 37.0 Å². The number of hydrogen-bond acceptors (Lipinski definition) is 5. The maximum Gasteiger partial charge on any atom is 0.340 e. The molecule has 0 atom stereocenters. The van der Waals surface area contributed by atoms with Crippen molar-refractivity contribution in [2.24, 2.45) is 0 Å². The third-order valence-corrected chi connectivity index (χ3v) is 5.41. The van der Waals surface area contributed by atoms with Crippen LogP contribution in [0.4, 0.5) is 5.82 Å². The normalized spacial score (nSPS) is 14.9. The number of amides is 1. The summed E-state index contributed by atoms with van der Waals surface area (Å²) in [5.41, 5.74) is 1.85. The number of benzene rings is 1. The van der Waals surface area contributed by atoms with Crippen molar-refractivity contribution in [3.05, 3.63) is 62.6 Å². The fraction of sp³-hybridized carbons (Fsp3) is 0.318. The van der Waals surface area contributed by atoms with E-state index in [1.807, 2.05) is 26.8 Å². The average Bonchev–Trinajstić information content (AvgIpc) is 2.65. The SMILES string of the molecule is Cc1c(CC(=O)Nc2ccc(Cl)cn2)c(=O)oc2cc3c(cc12)CCC(C)(C)O3. The second-order valence-electron chi connectivity index (χ2n) is 7.90. The summed E-state index contributed by atoms with van der Waals surface area (Å²) in [6, 6.07) is 7.01. The molecule has 1 amide bonds. The van der Waals surface area contributed by atoms with E-state index in [0.29, 0.717) is 22.0 Å². The maximum absolute atomic E-state index is 12.6. The van der Waals surface area contributed by atoms with Crippen LogP contribution in [0.15, 0.2) is 39.7 Å². The van der Waals surface area contributed by atoms with Crippen LogP contribution in [0.25, 0.3) is 11.0 Å². The lowest BCUT2D eigenvalue weighted by molar-refractivity contribution is -0.115. The number of halogens is 1. The smallest absolute Gasteiger partial charge is 0.340 e. The third-order valence-electron chi connectivity index (χ3n) is 5.18. The van der Waals surface area contributed by atoms with E-state index in [2.05, 4.69) is 10.3 Å². The molecule has 3 aromatic rings. The number of hydrogen-bond donors (Lipinski definition) is 1. The van der Waals surface area contributed by atoms with Gasteiger partial charge in [0.15, 0.2) is 0 Å². The number of nitrogens with zero attached hydrogens (tertiary/aromatic N) is 1. The summed E-state index contributed by atoms with van der Waals surface area (Å²) < 4.78 is 11.6. The number of fused-ring (bicyclic) bond motifs is 2. The molecule has 0 unspecified atom stereocenters. The summed E-state index contributed by atoms with van der Waals surface area (Å²) in [5, 5.41) is 3.96. The predicted molar refractivity (Wildman–Crippen MR) is 112 cm³/mol. The van der Waals surface area contributed by atoms with Crippen LogP contribution in [0.3, 0.4) is 0 Å². The standard InChI is InChI=1S/C22H21ClN2O4/c1-12-15-8-13-6-7-22(2,3)29-17(13)10-18(15)28-21(27)16(12)9-20(26)25-19-5-4-14(23)11-24-19/h4-5,8,10-11H,6-7,9H2,1-3H3,(H,24,25,26). The van der Waals surface area contributed by atoms with Gasteiger partial charge >= 0.3 is 5.63 Å². The first-order valence-corrected chi connectivity index (χ1v) is 9.79. The highest BCUT2D eigenvalue weighted by Crippen LogP contribution is 2.36. The van der Waals surface area contributed by atoms with Gasteiger partial charge in [-0.25, -0.2) is 9.78 Å². The number of nitrogens with one attached hydrogen (secondary N) is 1. The summed E-state index contributed by atoms with van der Waals surface area (Å²) in [4.78, 5) is 29.0. The van der Waals surface area contributed by atoms with Crippen molar-refractivity contribution < 1.29 is 13.9 Å². The zero-order valence-electron chi connectivity index (χ0n) is 16.5. The van der Waals surface area contributed by atoms with Gasteiger partial charge in [-0.3, -0.25) is 4.79 Å². The van der Waals surface area contributed by atoms with Crippen molar-refractivity contribution in [3.8, 4) is 5.75 Å². The molecule has 1 N–H and O–H groups in total. The highest BCUT2D eigenvalue weighted by molar-refractivity contribution is 6.30. The number of aryl methyl sites for hydroxylation is 2. The molecule has 7 heteroatoms. The Balaban J connectivity index is 1.65. The molecular formula is C22H21ClN2O4. The number of aromatic nitrogens is 1. The lowest BCUT2D eigenvalue weighted by Gasteiger charge is -2.32. The first-order valence-electron chi connectivity index (χ1n) is 9.41. The van der Waals surface area contributed by atoms with Crippen LogP contribution in [0.2, 0.25) is 5.02 Å². The van der Waals surface area contributed by atoms with E-state index in [0.717, 1.165) is 35.1 Å². The zero-order valence-corrected chi connectivity index (χ0v) is 17.2. The molecule has 1 aliphatic heterocycles. The fourth-order valence-corrected chi connectivity index (χ4v) is 3.65. The molecule has 0 fully saturated rings. The molecule has 0 bridgehead atoms. The third kappa shape index (κ3) is 3.98. The van der Waals surface area contributed by atoms with Crippen molar-refractivity contribution >= 4 is 34.3 Å². The van der Waals surface area contributed by atoms with E-state index in [1.54, 1.807) is 18.2 Å². The quantitative estimate of drug-likeness (QED) is 0.643. The minimum atomic E-state index is -0.524. The average molecular weight is 413 g/mol. The largest absolute Gasteiger partial charge is 0.487 e. The fourth-order valence-electron chi connectivity index (χ4n) is 3.54. The van der Waals surface area contributed by atoms with Crippen LogP contribution in [-0.2, 0) is 17.6 Å². The van der Waals surface area contributed by atoms with Crippen LogP contribution in [0, 0.1) is 6.92 Å². The Morgan fingerprint density at radius 1 is 1.31 bits per heavy atom.